The van der Waals surface area contributed by atoms with Crippen molar-refractivity contribution in [3.63, 3.8) is 0 Å². The van der Waals surface area contributed by atoms with Crippen molar-refractivity contribution < 1.29 is 69.2 Å². The summed E-state index contributed by atoms with van der Waals surface area (Å²) >= 11 is 0. The van der Waals surface area contributed by atoms with Gasteiger partial charge in [-0.3, -0.25) is 15.9 Å². The molecule has 0 unspecified atom stereocenters. The van der Waals surface area contributed by atoms with Crippen molar-refractivity contribution in [1.29, 1.82) is 0 Å². The molecule has 0 atom stereocenters. The van der Waals surface area contributed by atoms with Gasteiger partial charge >= 0.3 is 47.5 Å². The number of rotatable bonds is 5. The zero-order valence-corrected chi connectivity index (χ0v) is 11.3. The van der Waals surface area contributed by atoms with E-state index < -0.39 is 36.4 Å². The van der Waals surface area contributed by atoms with Crippen molar-refractivity contribution >= 4 is 24.2 Å². The number of carboxylic acid groups (broad SMARTS) is 3. The summed E-state index contributed by atoms with van der Waals surface area (Å²) in [6, 6.07) is 0. The molecule has 0 saturated heterocycles. The smallest absolute Gasteiger partial charge is 0.542 e. The number of hydrogen-bond donors (Lipinski definition) is 4. The van der Waals surface area contributed by atoms with Gasteiger partial charge in [0, 0.05) is 0 Å². The first-order valence-corrected chi connectivity index (χ1v) is 3.88. The minimum Gasteiger partial charge on any atom is -0.542 e. The van der Waals surface area contributed by atoms with Crippen LogP contribution in [0.25, 0.3) is 0 Å². The fraction of sp³-hybridized carbons (Fsp3) is 0.500. The summed E-state index contributed by atoms with van der Waals surface area (Å²) in [6.07, 6.45) is -0.788. The molecule has 0 bridgehead atoms. The van der Waals surface area contributed by atoms with Crippen molar-refractivity contribution in [3.05, 3.63) is 0 Å². The van der Waals surface area contributed by atoms with Crippen LogP contribution in [0.3, 0.4) is 0 Å². The van der Waals surface area contributed by atoms with Crippen LogP contribution in [-0.4, -0.2) is 50.2 Å². The van der Waals surface area contributed by atoms with E-state index in [-0.39, 0.29) is 29.6 Å². The molecular formula is C8H11NaO8. The maximum absolute atomic E-state index is 10.3. The Morgan fingerprint density at radius 1 is 1.06 bits per heavy atom. The van der Waals surface area contributed by atoms with Gasteiger partial charge in [0.25, 0.3) is 0 Å². The first-order valence-electron chi connectivity index (χ1n) is 3.88. The largest absolute Gasteiger partial charge is 1.00 e. The van der Waals surface area contributed by atoms with E-state index in [1.165, 1.54) is 13.2 Å². The van der Waals surface area contributed by atoms with Crippen molar-refractivity contribution in [1.82, 2.24) is 0 Å². The van der Waals surface area contributed by atoms with Crippen LogP contribution in [-0.2, 0) is 19.2 Å². The van der Waals surface area contributed by atoms with E-state index in [1.54, 1.807) is 0 Å². The molecule has 0 aromatic carbocycles. The Kier molecular flexibility index (Phi) is 12.8. The third-order valence-corrected chi connectivity index (χ3v) is 1.29. The number of carbonyl (C=O) groups is 3. The predicted molar refractivity (Wildman–Crippen MR) is 48.5 cm³/mol. The Hall–Kier alpha value is -0.960. The molecule has 0 heterocycles. The van der Waals surface area contributed by atoms with Crippen LogP contribution in [0.4, 0.5) is 0 Å². The van der Waals surface area contributed by atoms with Crippen molar-refractivity contribution in [2.75, 3.05) is 0 Å². The van der Waals surface area contributed by atoms with Gasteiger partial charge in [0.2, 0.25) is 0 Å². The monoisotopic (exact) mass is 258 g/mol. The predicted octanol–water partition coefficient (Wildman–Crippen LogP) is -4.13. The van der Waals surface area contributed by atoms with E-state index >= 15 is 0 Å². The van der Waals surface area contributed by atoms with Crippen LogP contribution in [0.15, 0.2) is 0 Å². The van der Waals surface area contributed by atoms with Gasteiger partial charge in [0.05, 0.1) is 12.8 Å². The second-order valence-electron chi connectivity index (χ2n) is 2.68. The molecule has 0 amide bonds. The van der Waals surface area contributed by atoms with Crippen molar-refractivity contribution in [2.24, 2.45) is 0 Å². The van der Waals surface area contributed by atoms with Crippen molar-refractivity contribution in [2.45, 2.75) is 25.4 Å². The summed E-state index contributed by atoms with van der Waals surface area (Å²) in [4.78, 5) is 39.2. The van der Waals surface area contributed by atoms with Crippen LogP contribution in [0.2, 0.25) is 0 Å². The summed E-state index contributed by atoms with van der Waals surface area (Å²) in [5.41, 5.74) is -2.74. The number of aliphatic hydroxyl groups is 1. The van der Waals surface area contributed by atoms with Gasteiger partial charge in [-0.1, -0.05) is 0 Å². The minimum absolute atomic E-state index is 0. The van der Waals surface area contributed by atoms with Crippen LogP contribution < -0.4 is 29.6 Å². The molecule has 92 valence electrons. The van der Waals surface area contributed by atoms with Gasteiger partial charge in [-0.2, -0.15) is 6.92 Å². The zero-order valence-electron chi connectivity index (χ0n) is 9.34. The molecule has 0 aliphatic carbocycles. The summed E-state index contributed by atoms with van der Waals surface area (Å²) in [5, 5.41) is 33.8. The second kappa shape index (κ2) is 10.2. The number of hydrogen-bond acceptors (Lipinski definition) is 5. The normalized spacial score (nSPS) is 9.06. The third-order valence-electron chi connectivity index (χ3n) is 1.29. The van der Waals surface area contributed by atoms with E-state index in [4.69, 9.17) is 25.2 Å². The molecule has 0 fully saturated rings. The molecule has 0 radical (unpaired) electrons. The Morgan fingerprint density at radius 2 is 1.29 bits per heavy atom. The average molecular weight is 258 g/mol. The molecule has 0 rings (SSSR count). The summed E-state index contributed by atoms with van der Waals surface area (Å²) in [7, 11) is 0. The van der Waals surface area contributed by atoms with Gasteiger partial charge in [-0.25, -0.2) is 4.79 Å². The second-order valence-corrected chi connectivity index (χ2v) is 2.68. The SMILES string of the molecule is C[C-]=O.O=C(O)CC(O)(CC(=O)O)C(=O)O.[Na+]. The number of carboxylic acids is 3. The average Bonchev–Trinajstić information content (AvgIpc) is 2.01. The van der Waals surface area contributed by atoms with Gasteiger partial charge < -0.3 is 25.2 Å². The van der Waals surface area contributed by atoms with Gasteiger partial charge in [0.15, 0.2) is 5.60 Å². The fourth-order valence-electron chi connectivity index (χ4n) is 0.714. The van der Waals surface area contributed by atoms with E-state index in [0.29, 0.717) is 0 Å². The molecule has 4 N–H and O–H groups in total. The molecule has 0 aliphatic heterocycles. The topological polar surface area (TPSA) is 149 Å². The number of aliphatic carboxylic acids is 3. The Bertz CT molecular complexity index is 271. The third kappa shape index (κ3) is 11.3. The number of carbonyl (C=O) groups excluding carboxylic acids is 1. The quantitative estimate of drug-likeness (QED) is 0.287. The maximum Gasteiger partial charge on any atom is 1.00 e. The van der Waals surface area contributed by atoms with Crippen LogP contribution in [0, 0.1) is 0 Å². The molecule has 0 spiro atoms. The molecule has 0 saturated carbocycles. The van der Waals surface area contributed by atoms with Gasteiger partial charge in [-0.05, 0) is 0 Å². The van der Waals surface area contributed by atoms with Gasteiger partial charge in [-0.15, -0.1) is 0 Å². The van der Waals surface area contributed by atoms with E-state index in [0.717, 1.165) is 0 Å². The van der Waals surface area contributed by atoms with Gasteiger partial charge in [0.1, 0.15) is 0 Å². The van der Waals surface area contributed by atoms with E-state index in [9.17, 15) is 14.4 Å². The Balaban J connectivity index is -0.000000440. The Morgan fingerprint density at radius 3 is 1.41 bits per heavy atom. The first-order chi connectivity index (χ1) is 7.19. The van der Waals surface area contributed by atoms with Crippen LogP contribution in [0.5, 0.6) is 0 Å². The maximum atomic E-state index is 10.3. The van der Waals surface area contributed by atoms with Crippen molar-refractivity contribution in [3.8, 4) is 0 Å². The minimum atomic E-state index is -2.74. The fourth-order valence-corrected chi connectivity index (χ4v) is 0.714. The van der Waals surface area contributed by atoms with E-state index in [1.807, 2.05) is 0 Å². The first kappa shape index (κ1) is 21.3. The van der Waals surface area contributed by atoms with Crippen LogP contribution >= 0.6 is 0 Å². The summed E-state index contributed by atoms with van der Waals surface area (Å²) < 4.78 is 0. The molecule has 0 aromatic heterocycles. The van der Waals surface area contributed by atoms with E-state index in [2.05, 4.69) is 0 Å². The molecular weight excluding hydrogens is 247 g/mol. The summed E-state index contributed by atoms with van der Waals surface area (Å²) in [6.45, 7) is 1.32. The molecule has 17 heavy (non-hydrogen) atoms. The molecule has 0 aliphatic rings. The standard InChI is InChI=1S/C6H8O7.C2H3O.Na/c7-3(8)1-6(13,5(11)12)2-4(9)10;1-2-3;/h13H,1-2H2,(H,7,8)(H,9,10)(H,11,12);1H3;/q;-1;+1. The molecule has 8 nitrogen and oxygen atoms in total. The molecule has 9 heteroatoms. The summed E-state index contributed by atoms with van der Waals surface area (Å²) in [5.74, 6) is -5.02. The zero-order chi connectivity index (χ0) is 13.4. The van der Waals surface area contributed by atoms with Crippen LogP contribution in [0.1, 0.15) is 19.8 Å². The molecule has 0 aromatic rings. The Labute approximate surface area is 119 Å².